The first-order chi connectivity index (χ1) is 13.8. The summed E-state index contributed by atoms with van der Waals surface area (Å²) in [5, 5.41) is 4.83. The van der Waals surface area contributed by atoms with E-state index in [1.165, 1.54) is 0 Å². The molecule has 0 saturated carbocycles. The third-order valence-electron chi connectivity index (χ3n) is 3.03. The Morgan fingerprint density at radius 3 is 1.83 bits per heavy atom. The van der Waals surface area contributed by atoms with Crippen LogP contribution < -0.4 is 21.3 Å². The highest BCUT2D eigenvalue weighted by molar-refractivity contribution is 6.02. The number of guanidine groups is 1. The first kappa shape index (κ1) is 25.2. The standard InChI is InChI=1S/C20H32N4O6/c1-13(30-21)12-27-15-10-8-14(9-11-15)22-16(23-17(25)28-19(2,3)4)24-18(26)29-20(5,6)7/h8-11,13H,12,21H2,1-7H3,(H2,22,23,24,25,26). The zero-order chi connectivity index (χ0) is 22.9. The third-order valence-corrected chi connectivity index (χ3v) is 3.03. The minimum absolute atomic E-state index is 0.141. The second kappa shape index (κ2) is 10.8. The van der Waals surface area contributed by atoms with Gasteiger partial charge in [-0.1, -0.05) is 0 Å². The molecular weight excluding hydrogens is 392 g/mol. The van der Waals surface area contributed by atoms with E-state index in [9.17, 15) is 9.59 Å². The summed E-state index contributed by atoms with van der Waals surface area (Å²) >= 11 is 0. The van der Waals surface area contributed by atoms with Crippen LogP contribution in [0.2, 0.25) is 0 Å². The number of benzene rings is 1. The number of carbonyl (C=O) groups excluding carboxylic acids is 2. The molecule has 1 aromatic rings. The summed E-state index contributed by atoms with van der Waals surface area (Å²) < 4.78 is 15.9. The highest BCUT2D eigenvalue weighted by atomic mass is 16.6. The van der Waals surface area contributed by atoms with E-state index in [-0.39, 0.29) is 18.7 Å². The topological polar surface area (TPSA) is 134 Å². The van der Waals surface area contributed by atoms with Crippen LogP contribution in [-0.4, -0.2) is 42.1 Å². The summed E-state index contributed by atoms with van der Waals surface area (Å²) in [4.78, 5) is 33.1. The number of alkyl carbamates (subject to hydrolysis) is 2. The normalized spacial score (nSPS) is 12.4. The molecule has 2 amide bonds. The van der Waals surface area contributed by atoms with Crippen molar-refractivity contribution in [3.8, 4) is 5.75 Å². The van der Waals surface area contributed by atoms with E-state index in [1.807, 2.05) is 0 Å². The minimum atomic E-state index is -0.770. The highest BCUT2D eigenvalue weighted by Crippen LogP contribution is 2.18. The highest BCUT2D eigenvalue weighted by Gasteiger charge is 2.21. The van der Waals surface area contributed by atoms with Gasteiger partial charge >= 0.3 is 12.2 Å². The molecule has 0 heterocycles. The van der Waals surface area contributed by atoms with Crippen LogP contribution in [-0.2, 0) is 14.3 Å². The molecule has 1 unspecified atom stereocenters. The fraction of sp³-hybridized carbons (Fsp3) is 0.550. The van der Waals surface area contributed by atoms with E-state index in [2.05, 4.69) is 20.5 Å². The van der Waals surface area contributed by atoms with Crippen molar-refractivity contribution in [2.24, 2.45) is 10.9 Å². The molecule has 1 atom stereocenters. The van der Waals surface area contributed by atoms with E-state index < -0.39 is 23.4 Å². The molecular formula is C20H32N4O6. The van der Waals surface area contributed by atoms with Gasteiger partial charge in [-0.05, 0) is 72.7 Å². The zero-order valence-electron chi connectivity index (χ0n) is 18.6. The molecule has 10 nitrogen and oxygen atoms in total. The van der Waals surface area contributed by atoms with Crippen molar-refractivity contribution in [2.75, 3.05) is 6.61 Å². The fourth-order valence-corrected chi connectivity index (χ4v) is 1.89. The number of nitrogens with two attached hydrogens (primary N) is 1. The molecule has 0 bridgehead atoms. The summed E-state index contributed by atoms with van der Waals surface area (Å²) in [5.41, 5.74) is -0.984. The lowest BCUT2D eigenvalue weighted by atomic mass is 10.2. The molecule has 30 heavy (non-hydrogen) atoms. The Morgan fingerprint density at radius 2 is 1.43 bits per heavy atom. The van der Waals surface area contributed by atoms with Gasteiger partial charge in [-0.2, -0.15) is 0 Å². The van der Waals surface area contributed by atoms with Crippen LogP contribution in [0.1, 0.15) is 48.5 Å². The van der Waals surface area contributed by atoms with Gasteiger partial charge in [-0.15, -0.1) is 0 Å². The van der Waals surface area contributed by atoms with Crippen LogP contribution in [0.3, 0.4) is 0 Å². The van der Waals surface area contributed by atoms with Crippen LogP contribution in [0.25, 0.3) is 0 Å². The Kier molecular flexibility index (Phi) is 9.06. The van der Waals surface area contributed by atoms with Crippen molar-refractivity contribution < 1.29 is 28.6 Å². The van der Waals surface area contributed by atoms with Gasteiger partial charge in [-0.3, -0.25) is 15.5 Å². The largest absolute Gasteiger partial charge is 0.491 e. The summed E-state index contributed by atoms with van der Waals surface area (Å²) in [5.74, 6) is 5.53. The Labute approximate surface area is 177 Å². The Balaban J connectivity index is 2.94. The molecule has 0 fully saturated rings. The number of carbonyl (C=O) groups is 2. The molecule has 0 radical (unpaired) electrons. The predicted octanol–water partition coefficient (Wildman–Crippen LogP) is 3.38. The van der Waals surface area contributed by atoms with Crippen LogP contribution in [0.5, 0.6) is 5.75 Å². The van der Waals surface area contributed by atoms with Crippen LogP contribution in [0.15, 0.2) is 29.3 Å². The van der Waals surface area contributed by atoms with E-state index in [0.29, 0.717) is 11.4 Å². The summed E-state index contributed by atoms with van der Waals surface area (Å²) in [6.45, 7) is 12.4. The second-order valence-corrected chi connectivity index (χ2v) is 8.47. The van der Waals surface area contributed by atoms with Crippen molar-refractivity contribution in [3.63, 3.8) is 0 Å². The molecule has 0 aliphatic heterocycles. The maximum Gasteiger partial charge on any atom is 0.414 e. The van der Waals surface area contributed by atoms with E-state index in [1.54, 1.807) is 72.7 Å². The zero-order valence-corrected chi connectivity index (χ0v) is 18.6. The second-order valence-electron chi connectivity index (χ2n) is 8.47. The molecule has 0 spiro atoms. The van der Waals surface area contributed by atoms with Gasteiger partial charge in [0.2, 0.25) is 5.96 Å². The average molecular weight is 424 g/mol. The predicted molar refractivity (Wildman–Crippen MR) is 113 cm³/mol. The van der Waals surface area contributed by atoms with Gasteiger partial charge in [0, 0.05) is 0 Å². The van der Waals surface area contributed by atoms with E-state index >= 15 is 0 Å². The maximum absolute atomic E-state index is 12.1. The number of aliphatic imine (C=N–C) groups is 1. The first-order valence-electron chi connectivity index (χ1n) is 9.44. The van der Waals surface area contributed by atoms with Crippen LogP contribution in [0, 0.1) is 0 Å². The molecule has 0 saturated heterocycles. The number of nitrogens with zero attached hydrogens (tertiary/aromatic N) is 1. The van der Waals surface area contributed by atoms with Crippen LogP contribution in [0.4, 0.5) is 15.3 Å². The van der Waals surface area contributed by atoms with Gasteiger partial charge in [0.1, 0.15) is 29.7 Å². The lowest BCUT2D eigenvalue weighted by molar-refractivity contribution is 0.0319. The average Bonchev–Trinajstić information content (AvgIpc) is 2.57. The first-order valence-corrected chi connectivity index (χ1v) is 9.44. The molecule has 4 N–H and O–H groups in total. The third kappa shape index (κ3) is 11.2. The SMILES string of the molecule is CC(COc1ccc(N=C(NC(=O)OC(C)(C)C)NC(=O)OC(C)(C)C)cc1)ON. The Bertz CT molecular complexity index is 703. The lowest BCUT2D eigenvalue weighted by Gasteiger charge is -2.22. The summed E-state index contributed by atoms with van der Waals surface area (Å²) in [6.07, 6.45) is -1.80. The summed E-state index contributed by atoms with van der Waals surface area (Å²) in [6, 6.07) is 6.66. The van der Waals surface area contributed by atoms with Gasteiger partial charge in [0.15, 0.2) is 0 Å². The van der Waals surface area contributed by atoms with Crippen molar-refractivity contribution in [1.82, 2.24) is 10.6 Å². The van der Waals surface area contributed by atoms with Crippen molar-refractivity contribution in [3.05, 3.63) is 24.3 Å². The Hall–Kier alpha value is -2.85. The molecule has 1 aromatic carbocycles. The number of hydrogen-bond donors (Lipinski definition) is 3. The molecule has 0 aliphatic rings. The quantitative estimate of drug-likeness (QED) is 0.375. The molecule has 168 valence electrons. The van der Waals surface area contributed by atoms with Gasteiger partial charge in [0.25, 0.3) is 0 Å². The number of amides is 2. The molecule has 0 aliphatic carbocycles. The fourth-order valence-electron chi connectivity index (χ4n) is 1.89. The maximum atomic E-state index is 12.1. The molecule has 1 rings (SSSR count). The van der Waals surface area contributed by atoms with E-state index in [0.717, 1.165) is 0 Å². The van der Waals surface area contributed by atoms with Crippen LogP contribution >= 0.6 is 0 Å². The monoisotopic (exact) mass is 424 g/mol. The number of ether oxygens (including phenoxy) is 3. The van der Waals surface area contributed by atoms with Crippen molar-refractivity contribution in [1.29, 1.82) is 0 Å². The van der Waals surface area contributed by atoms with Crippen molar-refractivity contribution >= 4 is 23.8 Å². The van der Waals surface area contributed by atoms with Crippen molar-refractivity contribution in [2.45, 2.75) is 65.8 Å². The smallest absolute Gasteiger partial charge is 0.414 e. The van der Waals surface area contributed by atoms with E-state index in [4.69, 9.17) is 20.1 Å². The molecule has 0 aromatic heterocycles. The van der Waals surface area contributed by atoms with Gasteiger partial charge < -0.3 is 14.2 Å². The number of rotatable bonds is 5. The van der Waals surface area contributed by atoms with Gasteiger partial charge in [0.05, 0.1) is 5.69 Å². The lowest BCUT2D eigenvalue weighted by Crippen LogP contribution is -2.47. The minimum Gasteiger partial charge on any atom is -0.491 e. The number of hydrogen-bond acceptors (Lipinski definition) is 8. The Morgan fingerprint density at radius 1 is 0.967 bits per heavy atom. The van der Waals surface area contributed by atoms with Gasteiger partial charge in [-0.25, -0.2) is 20.5 Å². The number of nitrogens with one attached hydrogen (secondary N) is 2. The summed E-state index contributed by atoms with van der Waals surface area (Å²) in [7, 11) is 0. The molecule has 10 heteroatoms.